The van der Waals surface area contributed by atoms with Gasteiger partial charge >= 0.3 is 0 Å². The molecule has 0 radical (unpaired) electrons. The van der Waals surface area contributed by atoms with E-state index in [0.29, 0.717) is 31.6 Å². The number of hydrogen-bond donors (Lipinski definition) is 2. The number of hydrogen-bond acceptors (Lipinski definition) is 4. The van der Waals surface area contributed by atoms with E-state index >= 15 is 0 Å². The van der Waals surface area contributed by atoms with Crippen LogP contribution in [0.2, 0.25) is 0 Å². The summed E-state index contributed by atoms with van der Waals surface area (Å²) in [5, 5.41) is 2.81. The number of likely N-dealkylation sites (N-methyl/N-ethyl adjacent to an activating group) is 2. The minimum atomic E-state index is -0.0351. The molecule has 0 aliphatic rings. The van der Waals surface area contributed by atoms with E-state index in [1.54, 1.807) is 43.3 Å². The summed E-state index contributed by atoms with van der Waals surface area (Å²) in [4.78, 5) is 26.8. The molecule has 0 atom stereocenters. The molecule has 0 unspecified atom stereocenters. The second-order valence-corrected chi connectivity index (χ2v) is 5.30. The number of nitrogen functional groups attached to an aromatic ring is 1. The van der Waals surface area contributed by atoms with Crippen LogP contribution in [0.4, 0.5) is 11.4 Å². The summed E-state index contributed by atoms with van der Waals surface area (Å²) in [5.41, 5.74) is 6.99. The third-order valence-corrected chi connectivity index (χ3v) is 3.04. The predicted molar refractivity (Wildman–Crippen MR) is 84.9 cm³/mol. The molecule has 1 rings (SSSR count). The highest BCUT2D eigenvalue weighted by atomic mass is 16.2. The Morgan fingerprint density at radius 3 is 2.33 bits per heavy atom. The van der Waals surface area contributed by atoms with Crippen LogP contribution in [0.15, 0.2) is 24.3 Å². The van der Waals surface area contributed by atoms with Gasteiger partial charge in [0, 0.05) is 31.9 Å². The Hall–Kier alpha value is -2.08. The van der Waals surface area contributed by atoms with Gasteiger partial charge in [-0.25, -0.2) is 0 Å². The number of nitrogens with zero attached hydrogens (tertiary/aromatic N) is 2. The molecule has 1 aromatic carbocycles. The second-order valence-electron chi connectivity index (χ2n) is 5.30. The smallest absolute Gasteiger partial charge is 0.236 e. The lowest BCUT2D eigenvalue weighted by Gasteiger charge is -2.18. The summed E-state index contributed by atoms with van der Waals surface area (Å²) in [6.45, 7) is 1.07. The fraction of sp³-hybridized carbons (Fsp3) is 0.467. The number of nitrogens with two attached hydrogens (primary N) is 1. The molecule has 0 aromatic heterocycles. The quantitative estimate of drug-likeness (QED) is 0.735. The first-order valence-corrected chi connectivity index (χ1v) is 6.92. The fourth-order valence-electron chi connectivity index (χ4n) is 1.75. The predicted octanol–water partition coefficient (Wildman–Crippen LogP) is 1.01. The van der Waals surface area contributed by atoms with Crippen molar-refractivity contribution in [2.45, 2.75) is 12.8 Å². The summed E-state index contributed by atoms with van der Waals surface area (Å²) < 4.78 is 0. The average Bonchev–Trinajstić information content (AvgIpc) is 2.41. The van der Waals surface area contributed by atoms with Gasteiger partial charge in [-0.15, -0.1) is 0 Å². The van der Waals surface area contributed by atoms with Gasteiger partial charge in [0.2, 0.25) is 11.8 Å². The van der Waals surface area contributed by atoms with E-state index in [2.05, 4.69) is 5.32 Å². The van der Waals surface area contributed by atoms with Crippen molar-refractivity contribution in [2.24, 2.45) is 0 Å². The van der Waals surface area contributed by atoms with Gasteiger partial charge < -0.3 is 16.0 Å². The summed E-state index contributed by atoms with van der Waals surface area (Å²) in [5.74, 6) is 0.0240. The molecule has 0 heterocycles. The Balaban J connectivity index is 2.24. The van der Waals surface area contributed by atoms with E-state index in [1.165, 1.54) is 0 Å². The maximum atomic E-state index is 11.8. The average molecular weight is 292 g/mol. The van der Waals surface area contributed by atoms with Crippen LogP contribution in [-0.2, 0) is 9.59 Å². The Kier molecular flexibility index (Phi) is 6.68. The Bertz CT molecular complexity index is 471. The third kappa shape index (κ3) is 6.76. The lowest BCUT2D eigenvalue weighted by atomic mass is 10.2. The van der Waals surface area contributed by atoms with Crippen LogP contribution in [0.5, 0.6) is 0 Å². The van der Waals surface area contributed by atoms with E-state index in [4.69, 9.17) is 5.73 Å². The van der Waals surface area contributed by atoms with Crippen LogP contribution in [0.25, 0.3) is 0 Å². The molecular weight excluding hydrogens is 268 g/mol. The largest absolute Gasteiger partial charge is 0.399 e. The van der Waals surface area contributed by atoms with Crippen molar-refractivity contribution in [3.63, 3.8) is 0 Å². The van der Waals surface area contributed by atoms with Gasteiger partial charge in [0.05, 0.1) is 6.54 Å². The highest BCUT2D eigenvalue weighted by molar-refractivity contribution is 5.90. The molecule has 0 bridgehead atoms. The molecule has 0 aliphatic heterocycles. The number of anilines is 2. The van der Waals surface area contributed by atoms with Crippen molar-refractivity contribution in [1.29, 1.82) is 0 Å². The molecule has 0 saturated heterocycles. The van der Waals surface area contributed by atoms with Gasteiger partial charge in [-0.1, -0.05) is 0 Å². The Morgan fingerprint density at radius 2 is 1.76 bits per heavy atom. The lowest BCUT2D eigenvalue weighted by molar-refractivity contribution is -0.129. The van der Waals surface area contributed by atoms with Gasteiger partial charge in [0.25, 0.3) is 0 Å². The van der Waals surface area contributed by atoms with Crippen LogP contribution in [0, 0.1) is 0 Å². The van der Waals surface area contributed by atoms with Crippen LogP contribution in [-0.4, -0.2) is 55.8 Å². The first kappa shape index (κ1) is 17.0. The van der Waals surface area contributed by atoms with E-state index in [-0.39, 0.29) is 11.8 Å². The highest BCUT2D eigenvalue weighted by Gasteiger charge is 2.09. The maximum absolute atomic E-state index is 11.8. The van der Waals surface area contributed by atoms with Crippen molar-refractivity contribution in [3.8, 4) is 0 Å². The first-order chi connectivity index (χ1) is 9.88. The van der Waals surface area contributed by atoms with Crippen LogP contribution < -0.4 is 11.1 Å². The van der Waals surface area contributed by atoms with Gasteiger partial charge in [0.15, 0.2) is 0 Å². The minimum Gasteiger partial charge on any atom is -0.399 e. The molecule has 0 fully saturated rings. The molecule has 21 heavy (non-hydrogen) atoms. The molecular formula is C15H24N4O2. The monoisotopic (exact) mass is 292 g/mol. The van der Waals surface area contributed by atoms with E-state index in [0.717, 1.165) is 5.69 Å². The van der Waals surface area contributed by atoms with E-state index < -0.39 is 0 Å². The Morgan fingerprint density at radius 1 is 1.14 bits per heavy atom. The number of rotatable bonds is 7. The topological polar surface area (TPSA) is 78.7 Å². The SMILES string of the molecule is CN(CCCC(=O)Nc1ccc(N)cc1)CC(=O)N(C)C. The summed E-state index contributed by atoms with van der Waals surface area (Å²) >= 11 is 0. The molecule has 0 aliphatic carbocycles. The molecule has 0 saturated carbocycles. The molecule has 1 aromatic rings. The van der Waals surface area contributed by atoms with E-state index in [1.807, 2.05) is 11.9 Å². The summed E-state index contributed by atoms with van der Waals surface area (Å²) in [6.07, 6.45) is 1.13. The second kappa shape index (κ2) is 8.26. The van der Waals surface area contributed by atoms with Gasteiger partial charge in [-0.3, -0.25) is 14.5 Å². The fourth-order valence-corrected chi connectivity index (χ4v) is 1.75. The van der Waals surface area contributed by atoms with Crippen LogP contribution in [0.3, 0.4) is 0 Å². The van der Waals surface area contributed by atoms with Crippen molar-refractivity contribution >= 4 is 23.2 Å². The maximum Gasteiger partial charge on any atom is 0.236 e. The molecule has 3 N–H and O–H groups in total. The normalized spacial score (nSPS) is 10.5. The van der Waals surface area contributed by atoms with Gasteiger partial charge in [-0.2, -0.15) is 0 Å². The van der Waals surface area contributed by atoms with Crippen molar-refractivity contribution in [1.82, 2.24) is 9.80 Å². The van der Waals surface area contributed by atoms with Gasteiger partial charge in [-0.05, 0) is 44.3 Å². The molecule has 6 heteroatoms. The lowest BCUT2D eigenvalue weighted by Crippen LogP contribution is -2.35. The number of benzene rings is 1. The van der Waals surface area contributed by atoms with Gasteiger partial charge in [0.1, 0.15) is 0 Å². The Labute approximate surface area is 125 Å². The number of nitrogens with one attached hydrogen (secondary N) is 1. The zero-order valence-corrected chi connectivity index (χ0v) is 12.9. The van der Waals surface area contributed by atoms with Crippen LogP contribution >= 0.6 is 0 Å². The van der Waals surface area contributed by atoms with Crippen molar-refractivity contribution < 1.29 is 9.59 Å². The molecule has 6 nitrogen and oxygen atoms in total. The minimum absolute atomic E-state index is 0.0351. The number of amides is 2. The number of carbonyl (C=O) groups is 2. The number of carbonyl (C=O) groups excluding carboxylic acids is 2. The molecule has 116 valence electrons. The molecule has 0 spiro atoms. The van der Waals surface area contributed by atoms with Crippen LogP contribution in [0.1, 0.15) is 12.8 Å². The highest BCUT2D eigenvalue weighted by Crippen LogP contribution is 2.11. The summed E-state index contributed by atoms with van der Waals surface area (Å²) in [6, 6.07) is 7.04. The van der Waals surface area contributed by atoms with Crippen molar-refractivity contribution in [3.05, 3.63) is 24.3 Å². The standard InChI is InChI=1S/C15H24N4O2/c1-18(2)15(21)11-19(3)10-4-5-14(20)17-13-8-6-12(16)7-9-13/h6-9H,4-5,10-11,16H2,1-3H3,(H,17,20). The van der Waals surface area contributed by atoms with Crippen molar-refractivity contribution in [2.75, 3.05) is 45.3 Å². The zero-order valence-electron chi connectivity index (χ0n) is 12.9. The first-order valence-electron chi connectivity index (χ1n) is 6.92. The third-order valence-electron chi connectivity index (χ3n) is 3.04. The summed E-state index contributed by atoms with van der Waals surface area (Å²) in [7, 11) is 5.34. The zero-order chi connectivity index (χ0) is 15.8. The van der Waals surface area contributed by atoms with E-state index in [9.17, 15) is 9.59 Å². The molecule has 2 amide bonds.